The van der Waals surface area contributed by atoms with Crippen LogP contribution < -0.4 is 11.1 Å². The molecule has 0 spiro atoms. The second-order valence-electron chi connectivity index (χ2n) is 5.67. The summed E-state index contributed by atoms with van der Waals surface area (Å²) in [7, 11) is 0. The molecule has 0 aliphatic heterocycles. The first kappa shape index (κ1) is 9.81. The van der Waals surface area contributed by atoms with E-state index < -0.39 is 0 Å². The third-order valence-electron chi connectivity index (χ3n) is 5.11. The van der Waals surface area contributed by atoms with E-state index in [4.69, 9.17) is 5.73 Å². The maximum atomic E-state index is 10.9. The maximum Gasteiger partial charge on any atom is 0.312 e. The third kappa shape index (κ3) is 1.01. The van der Waals surface area contributed by atoms with Gasteiger partial charge in [-0.1, -0.05) is 20.8 Å². The first-order valence-corrected chi connectivity index (χ1v) is 5.44. The van der Waals surface area contributed by atoms with Gasteiger partial charge in [0.05, 0.1) is 0 Å². The Morgan fingerprint density at radius 2 is 2.07 bits per heavy atom. The molecule has 0 saturated heterocycles. The van der Waals surface area contributed by atoms with E-state index >= 15 is 0 Å². The van der Waals surface area contributed by atoms with Crippen LogP contribution in [-0.2, 0) is 0 Å². The number of hydrogen-bond donors (Lipinski definition) is 2. The quantitative estimate of drug-likeness (QED) is 0.661. The molecule has 0 aromatic rings. The van der Waals surface area contributed by atoms with Crippen molar-refractivity contribution in [2.45, 2.75) is 46.1 Å². The predicted octanol–water partition coefficient (Wildman–Crippen LogP) is 1.87. The largest absolute Gasteiger partial charge is 0.352 e. The average Bonchev–Trinajstić information content (AvgIpc) is 2.35. The van der Waals surface area contributed by atoms with E-state index in [1.54, 1.807) is 0 Å². The number of hydrogen-bond acceptors (Lipinski definition) is 1. The van der Waals surface area contributed by atoms with Crippen LogP contribution in [0.1, 0.15) is 40.0 Å². The lowest BCUT2D eigenvalue weighted by Crippen LogP contribution is -2.48. The van der Waals surface area contributed by atoms with Gasteiger partial charge in [0.15, 0.2) is 0 Å². The standard InChI is InChI=1S/C11H20N2O/c1-10(2)7-4-5-11(10,3)8(6-7)13-9(12)14/h7-8H,4-6H2,1-3H3,(H3,12,13,14)/t7-,8-,11+/m1/s1. The van der Waals surface area contributed by atoms with Gasteiger partial charge in [-0.05, 0) is 36.0 Å². The lowest BCUT2D eigenvalue weighted by atomic mass is 9.69. The number of rotatable bonds is 1. The molecule has 2 saturated carbocycles. The summed E-state index contributed by atoms with van der Waals surface area (Å²) in [6.07, 6.45) is 3.63. The molecule has 2 aliphatic carbocycles. The molecule has 80 valence electrons. The predicted molar refractivity (Wildman–Crippen MR) is 55.7 cm³/mol. The number of amides is 2. The Balaban J connectivity index is 2.23. The lowest BCUT2D eigenvalue weighted by Gasteiger charge is -2.39. The molecule has 3 nitrogen and oxygen atoms in total. The van der Waals surface area contributed by atoms with Gasteiger partial charge in [0.25, 0.3) is 0 Å². The van der Waals surface area contributed by atoms with E-state index in [0.29, 0.717) is 5.41 Å². The summed E-state index contributed by atoms with van der Waals surface area (Å²) >= 11 is 0. The Kier molecular flexibility index (Phi) is 1.85. The van der Waals surface area contributed by atoms with Crippen LogP contribution in [0.2, 0.25) is 0 Å². The molecule has 0 aromatic heterocycles. The molecule has 2 aliphatic rings. The normalized spacial score (nSPS) is 43.9. The minimum Gasteiger partial charge on any atom is -0.352 e. The lowest BCUT2D eigenvalue weighted by molar-refractivity contribution is 0.124. The van der Waals surface area contributed by atoms with Crippen molar-refractivity contribution in [3.8, 4) is 0 Å². The number of fused-ring (bicyclic) bond motifs is 2. The van der Waals surface area contributed by atoms with E-state index in [1.165, 1.54) is 12.8 Å². The SMILES string of the molecule is CC1(C)[C@@H]2CC[C@@]1(C)[C@H](NC(N)=O)C2. The molecule has 3 atom stereocenters. The molecule has 2 rings (SSSR count). The zero-order chi connectivity index (χ0) is 10.6. The number of nitrogens with two attached hydrogens (primary N) is 1. The smallest absolute Gasteiger partial charge is 0.312 e. The van der Waals surface area contributed by atoms with Crippen LogP contribution in [0.15, 0.2) is 0 Å². The van der Waals surface area contributed by atoms with E-state index in [0.717, 1.165) is 12.3 Å². The molecule has 3 heteroatoms. The summed E-state index contributed by atoms with van der Waals surface area (Å²) in [6.45, 7) is 6.95. The Morgan fingerprint density at radius 3 is 2.43 bits per heavy atom. The topological polar surface area (TPSA) is 55.1 Å². The van der Waals surface area contributed by atoms with Gasteiger partial charge in [-0.25, -0.2) is 4.79 Å². The third-order valence-corrected chi connectivity index (χ3v) is 5.11. The van der Waals surface area contributed by atoms with Crippen molar-refractivity contribution in [1.29, 1.82) is 0 Å². The molecule has 2 fully saturated rings. The van der Waals surface area contributed by atoms with Crippen molar-refractivity contribution in [2.24, 2.45) is 22.5 Å². The molecule has 14 heavy (non-hydrogen) atoms. The maximum absolute atomic E-state index is 10.9. The second-order valence-corrected chi connectivity index (χ2v) is 5.67. The summed E-state index contributed by atoms with van der Waals surface area (Å²) in [5.41, 5.74) is 5.79. The zero-order valence-corrected chi connectivity index (χ0v) is 9.26. The summed E-state index contributed by atoms with van der Waals surface area (Å²) in [5, 5.41) is 2.91. The fraction of sp³-hybridized carbons (Fsp3) is 0.909. The minimum absolute atomic E-state index is 0.243. The fourth-order valence-electron chi connectivity index (χ4n) is 3.59. The van der Waals surface area contributed by atoms with Crippen LogP contribution in [0.5, 0.6) is 0 Å². The Morgan fingerprint density at radius 1 is 1.43 bits per heavy atom. The van der Waals surface area contributed by atoms with E-state index in [-0.39, 0.29) is 17.5 Å². The van der Waals surface area contributed by atoms with E-state index in [9.17, 15) is 4.79 Å². The molecule has 0 heterocycles. The molecule has 0 aromatic carbocycles. The van der Waals surface area contributed by atoms with Crippen LogP contribution in [0.25, 0.3) is 0 Å². The Bertz CT molecular complexity index is 274. The van der Waals surface area contributed by atoms with Gasteiger partial charge in [-0.2, -0.15) is 0 Å². The van der Waals surface area contributed by atoms with Gasteiger partial charge in [0, 0.05) is 6.04 Å². The first-order valence-electron chi connectivity index (χ1n) is 5.44. The molecular weight excluding hydrogens is 176 g/mol. The molecule has 2 bridgehead atoms. The fourth-order valence-corrected chi connectivity index (χ4v) is 3.59. The average molecular weight is 196 g/mol. The molecule has 0 radical (unpaired) electrons. The highest BCUT2D eigenvalue weighted by atomic mass is 16.2. The summed E-state index contributed by atoms with van der Waals surface area (Å²) < 4.78 is 0. The van der Waals surface area contributed by atoms with Crippen molar-refractivity contribution >= 4 is 6.03 Å². The van der Waals surface area contributed by atoms with Crippen molar-refractivity contribution in [1.82, 2.24) is 5.32 Å². The van der Waals surface area contributed by atoms with Crippen molar-refractivity contribution < 1.29 is 4.79 Å². The van der Waals surface area contributed by atoms with Gasteiger partial charge in [0.1, 0.15) is 0 Å². The highest BCUT2D eigenvalue weighted by Gasteiger charge is 2.61. The Labute approximate surface area is 85.4 Å². The number of nitrogens with one attached hydrogen (secondary N) is 1. The van der Waals surface area contributed by atoms with Gasteiger partial charge in [0.2, 0.25) is 0 Å². The number of carbonyl (C=O) groups excluding carboxylic acids is 1. The van der Waals surface area contributed by atoms with Gasteiger partial charge in [-0.15, -0.1) is 0 Å². The highest BCUT2D eigenvalue weighted by Crippen LogP contribution is 2.65. The number of primary amides is 1. The molecular formula is C11H20N2O. The van der Waals surface area contributed by atoms with Crippen LogP contribution in [0.4, 0.5) is 4.79 Å². The Hall–Kier alpha value is -0.730. The summed E-state index contributed by atoms with van der Waals surface area (Å²) in [4.78, 5) is 10.9. The zero-order valence-electron chi connectivity index (χ0n) is 9.26. The van der Waals surface area contributed by atoms with E-state index in [2.05, 4.69) is 26.1 Å². The minimum atomic E-state index is -0.375. The molecule has 3 N–H and O–H groups in total. The van der Waals surface area contributed by atoms with Crippen LogP contribution in [0, 0.1) is 16.7 Å². The van der Waals surface area contributed by atoms with Gasteiger partial charge >= 0.3 is 6.03 Å². The van der Waals surface area contributed by atoms with Crippen molar-refractivity contribution in [3.63, 3.8) is 0 Å². The number of urea groups is 1. The van der Waals surface area contributed by atoms with Crippen LogP contribution in [0.3, 0.4) is 0 Å². The van der Waals surface area contributed by atoms with Gasteiger partial charge in [-0.3, -0.25) is 0 Å². The van der Waals surface area contributed by atoms with Crippen molar-refractivity contribution in [3.05, 3.63) is 0 Å². The molecule has 2 amide bonds. The summed E-state index contributed by atoms with van der Waals surface area (Å²) in [6, 6.07) is -0.0895. The van der Waals surface area contributed by atoms with Gasteiger partial charge < -0.3 is 11.1 Å². The van der Waals surface area contributed by atoms with E-state index in [1.807, 2.05) is 0 Å². The van der Waals surface area contributed by atoms with Crippen LogP contribution in [-0.4, -0.2) is 12.1 Å². The van der Waals surface area contributed by atoms with Crippen LogP contribution >= 0.6 is 0 Å². The molecule has 0 unspecified atom stereocenters. The summed E-state index contributed by atoms with van der Waals surface area (Å²) in [5.74, 6) is 0.754. The first-order chi connectivity index (χ1) is 6.38. The monoisotopic (exact) mass is 196 g/mol. The number of carbonyl (C=O) groups is 1. The highest BCUT2D eigenvalue weighted by molar-refractivity contribution is 5.72. The second kappa shape index (κ2) is 2.65. The van der Waals surface area contributed by atoms with Crippen molar-refractivity contribution in [2.75, 3.05) is 0 Å².